The first-order chi connectivity index (χ1) is 9.58. The summed E-state index contributed by atoms with van der Waals surface area (Å²) in [6.07, 6.45) is 1.18. The van der Waals surface area contributed by atoms with Crippen molar-refractivity contribution in [3.8, 4) is 0 Å². The number of amides is 1. The maximum absolute atomic E-state index is 11.8. The van der Waals surface area contributed by atoms with E-state index >= 15 is 0 Å². The maximum Gasteiger partial charge on any atom is 0.312 e. The summed E-state index contributed by atoms with van der Waals surface area (Å²) >= 11 is 0. The van der Waals surface area contributed by atoms with Gasteiger partial charge in [-0.15, -0.1) is 0 Å². The molecular weight excluding hydrogens is 256 g/mol. The molecule has 0 bridgehead atoms. The smallest absolute Gasteiger partial charge is 0.312 e. The van der Waals surface area contributed by atoms with Gasteiger partial charge in [0, 0.05) is 13.0 Å². The van der Waals surface area contributed by atoms with Crippen LogP contribution in [0.3, 0.4) is 0 Å². The molecule has 110 valence electrons. The highest BCUT2D eigenvalue weighted by molar-refractivity contribution is 5.79. The molecule has 0 saturated heterocycles. The number of carboxylic acids is 1. The van der Waals surface area contributed by atoms with Crippen LogP contribution in [0, 0.1) is 5.92 Å². The number of hydrogen-bond acceptors (Lipinski definition) is 3. The summed E-state index contributed by atoms with van der Waals surface area (Å²) < 4.78 is 0. The van der Waals surface area contributed by atoms with Crippen molar-refractivity contribution in [2.45, 2.75) is 25.7 Å². The Morgan fingerprint density at radius 1 is 1.30 bits per heavy atom. The van der Waals surface area contributed by atoms with Crippen LogP contribution in [-0.2, 0) is 9.59 Å². The lowest BCUT2D eigenvalue weighted by molar-refractivity contribution is -0.138. The zero-order valence-corrected chi connectivity index (χ0v) is 11.7. The lowest BCUT2D eigenvalue weighted by Crippen LogP contribution is -2.33. The Morgan fingerprint density at radius 2 is 1.95 bits per heavy atom. The molecular formula is C15H22N2O3. The minimum absolute atomic E-state index is 0.0964. The highest BCUT2D eigenvalue weighted by atomic mass is 16.4. The van der Waals surface area contributed by atoms with Crippen molar-refractivity contribution in [1.82, 2.24) is 5.32 Å². The second-order valence-electron chi connectivity index (χ2n) is 4.82. The van der Waals surface area contributed by atoms with Crippen molar-refractivity contribution in [2.24, 2.45) is 11.7 Å². The van der Waals surface area contributed by atoms with Gasteiger partial charge in [-0.05, 0) is 18.0 Å². The first-order valence-electron chi connectivity index (χ1n) is 6.83. The third kappa shape index (κ3) is 5.01. The van der Waals surface area contributed by atoms with Gasteiger partial charge in [0.2, 0.25) is 5.91 Å². The van der Waals surface area contributed by atoms with Crippen LogP contribution in [0.15, 0.2) is 30.3 Å². The van der Waals surface area contributed by atoms with Gasteiger partial charge in [-0.1, -0.05) is 43.7 Å². The quantitative estimate of drug-likeness (QED) is 0.669. The average molecular weight is 278 g/mol. The average Bonchev–Trinajstić information content (AvgIpc) is 2.45. The second-order valence-corrected chi connectivity index (χ2v) is 4.82. The van der Waals surface area contributed by atoms with E-state index in [4.69, 9.17) is 5.73 Å². The van der Waals surface area contributed by atoms with E-state index in [0.717, 1.165) is 6.42 Å². The number of aliphatic carboxylic acids is 1. The minimum atomic E-state index is -0.942. The molecule has 0 aromatic heterocycles. The number of carbonyl (C=O) groups is 2. The lowest BCUT2D eigenvalue weighted by Gasteiger charge is -2.16. The normalized spacial score (nSPS) is 13.5. The van der Waals surface area contributed by atoms with Gasteiger partial charge in [0.15, 0.2) is 0 Å². The summed E-state index contributed by atoms with van der Waals surface area (Å²) in [5.74, 6) is -1.67. The number of nitrogens with two attached hydrogens (primary N) is 1. The van der Waals surface area contributed by atoms with E-state index in [1.807, 2.05) is 13.0 Å². The Kier molecular flexibility index (Phi) is 6.73. The lowest BCUT2D eigenvalue weighted by atomic mass is 9.98. The Bertz CT molecular complexity index is 430. The number of hydrogen-bond donors (Lipinski definition) is 3. The Morgan fingerprint density at radius 3 is 2.45 bits per heavy atom. The summed E-state index contributed by atoms with van der Waals surface area (Å²) in [4.78, 5) is 23.0. The van der Waals surface area contributed by atoms with E-state index < -0.39 is 11.9 Å². The van der Waals surface area contributed by atoms with Gasteiger partial charge in [0.05, 0.1) is 5.92 Å². The molecule has 0 saturated carbocycles. The molecule has 1 amide bonds. The number of carboxylic acid groups (broad SMARTS) is 1. The van der Waals surface area contributed by atoms with Gasteiger partial charge >= 0.3 is 5.97 Å². The third-order valence-corrected chi connectivity index (χ3v) is 3.39. The van der Waals surface area contributed by atoms with E-state index in [2.05, 4.69) is 5.32 Å². The van der Waals surface area contributed by atoms with E-state index in [1.165, 1.54) is 0 Å². The highest BCUT2D eigenvalue weighted by Gasteiger charge is 2.20. The van der Waals surface area contributed by atoms with Crippen molar-refractivity contribution >= 4 is 11.9 Å². The molecule has 0 heterocycles. The zero-order chi connectivity index (χ0) is 15.0. The van der Waals surface area contributed by atoms with Gasteiger partial charge in [-0.25, -0.2) is 0 Å². The molecule has 0 radical (unpaired) electrons. The van der Waals surface area contributed by atoms with Gasteiger partial charge < -0.3 is 16.2 Å². The van der Waals surface area contributed by atoms with Crippen LogP contribution in [0.4, 0.5) is 0 Å². The number of rotatable bonds is 8. The molecule has 1 aromatic rings. The predicted octanol–water partition coefficient (Wildman–Crippen LogP) is 1.35. The predicted molar refractivity (Wildman–Crippen MR) is 77.3 cm³/mol. The molecule has 0 aliphatic rings. The molecule has 2 unspecified atom stereocenters. The first kappa shape index (κ1) is 16.2. The van der Waals surface area contributed by atoms with E-state index in [0.29, 0.717) is 18.5 Å². The monoisotopic (exact) mass is 278 g/mol. The molecule has 0 spiro atoms. The maximum atomic E-state index is 11.8. The summed E-state index contributed by atoms with van der Waals surface area (Å²) in [6.45, 7) is 2.54. The Hall–Kier alpha value is -1.88. The van der Waals surface area contributed by atoms with Crippen LogP contribution >= 0.6 is 0 Å². The molecule has 0 aliphatic heterocycles. The first-order valence-corrected chi connectivity index (χ1v) is 6.83. The van der Waals surface area contributed by atoms with Crippen LogP contribution in [0.25, 0.3) is 0 Å². The van der Waals surface area contributed by atoms with Crippen LogP contribution in [0.1, 0.15) is 31.2 Å². The summed E-state index contributed by atoms with van der Waals surface area (Å²) in [5, 5.41) is 11.9. The van der Waals surface area contributed by atoms with E-state index in [-0.39, 0.29) is 18.4 Å². The highest BCUT2D eigenvalue weighted by Crippen LogP contribution is 2.15. The number of nitrogens with one attached hydrogen (secondary N) is 1. The molecule has 1 rings (SSSR count). The van der Waals surface area contributed by atoms with Crippen LogP contribution in [0.5, 0.6) is 0 Å². The van der Waals surface area contributed by atoms with Gasteiger partial charge in [-0.2, -0.15) is 0 Å². The van der Waals surface area contributed by atoms with Gasteiger partial charge in [0.1, 0.15) is 0 Å². The number of benzene rings is 1. The third-order valence-electron chi connectivity index (χ3n) is 3.39. The molecule has 1 aromatic carbocycles. The Balaban J connectivity index is 2.56. The fraction of sp³-hybridized carbons (Fsp3) is 0.467. The molecule has 4 N–H and O–H groups in total. The fourth-order valence-electron chi connectivity index (χ4n) is 1.98. The van der Waals surface area contributed by atoms with Crippen LogP contribution in [-0.4, -0.2) is 30.1 Å². The van der Waals surface area contributed by atoms with Crippen LogP contribution in [0.2, 0.25) is 0 Å². The second kappa shape index (κ2) is 8.32. The van der Waals surface area contributed by atoms with Crippen molar-refractivity contribution < 1.29 is 14.7 Å². The fourth-order valence-corrected chi connectivity index (χ4v) is 1.98. The molecule has 5 heteroatoms. The minimum Gasteiger partial charge on any atom is -0.481 e. The largest absolute Gasteiger partial charge is 0.481 e. The topological polar surface area (TPSA) is 92.4 Å². The van der Waals surface area contributed by atoms with Crippen molar-refractivity contribution in [1.29, 1.82) is 0 Å². The summed E-state index contributed by atoms with van der Waals surface area (Å²) in [6, 6.07) is 8.90. The van der Waals surface area contributed by atoms with E-state index in [9.17, 15) is 14.7 Å². The SMILES string of the molecule is CCC(CN)CC(=O)NCC(C(=O)O)c1ccccc1. The van der Waals surface area contributed by atoms with Gasteiger partial charge in [-0.3, -0.25) is 9.59 Å². The van der Waals surface area contributed by atoms with Crippen molar-refractivity contribution in [2.75, 3.05) is 13.1 Å². The molecule has 5 nitrogen and oxygen atoms in total. The molecule has 0 aliphatic carbocycles. The molecule has 0 fully saturated rings. The zero-order valence-electron chi connectivity index (χ0n) is 11.7. The van der Waals surface area contributed by atoms with Gasteiger partial charge in [0.25, 0.3) is 0 Å². The van der Waals surface area contributed by atoms with Crippen molar-refractivity contribution in [3.05, 3.63) is 35.9 Å². The molecule has 2 atom stereocenters. The summed E-state index contributed by atoms with van der Waals surface area (Å²) in [7, 11) is 0. The standard InChI is InChI=1S/C15H22N2O3/c1-2-11(9-16)8-14(18)17-10-13(15(19)20)12-6-4-3-5-7-12/h3-7,11,13H,2,8-10,16H2,1H3,(H,17,18)(H,19,20). The Labute approximate surface area is 119 Å². The van der Waals surface area contributed by atoms with E-state index in [1.54, 1.807) is 24.3 Å². The van der Waals surface area contributed by atoms with Crippen molar-refractivity contribution in [3.63, 3.8) is 0 Å². The summed E-state index contributed by atoms with van der Waals surface area (Å²) in [5.41, 5.74) is 6.24. The molecule has 20 heavy (non-hydrogen) atoms. The number of carbonyl (C=O) groups excluding carboxylic acids is 1. The van der Waals surface area contributed by atoms with Crippen LogP contribution < -0.4 is 11.1 Å².